The van der Waals surface area contributed by atoms with Gasteiger partial charge in [0.25, 0.3) is 0 Å². The third-order valence-electron chi connectivity index (χ3n) is 2.54. The average Bonchev–Trinajstić information content (AvgIpc) is 2.44. The highest BCUT2D eigenvalue weighted by atomic mass is 35.5. The number of halogens is 4. The van der Waals surface area contributed by atoms with Crippen molar-refractivity contribution in [3.05, 3.63) is 16.4 Å². The molecule has 0 saturated carbocycles. The first-order valence-corrected chi connectivity index (χ1v) is 5.36. The second-order valence-electron chi connectivity index (χ2n) is 4.61. The maximum Gasteiger partial charge on any atom is 0.435 e. The summed E-state index contributed by atoms with van der Waals surface area (Å²) in [5.41, 5.74) is -2.78. The predicted octanol–water partition coefficient (Wildman–Crippen LogP) is 2.75. The average molecular weight is 285 g/mol. The van der Waals surface area contributed by atoms with Crippen molar-refractivity contribution in [1.29, 1.82) is 0 Å². The predicted molar refractivity (Wildman–Crippen MR) is 58.3 cm³/mol. The molecule has 0 aliphatic carbocycles. The number of rotatable bonds is 3. The van der Waals surface area contributed by atoms with Crippen molar-refractivity contribution in [3.8, 4) is 0 Å². The zero-order chi connectivity index (χ0) is 14.3. The zero-order valence-corrected chi connectivity index (χ0v) is 10.7. The minimum Gasteiger partial charge on any atom is -0.481 e. The summed E-state index contributed by atoms with van der Waals surface area (Å²) in [7, 11) is 1.27. The van der Waals surface area contributed by atoms with Crippen LogP contribution in [0.3, 0.4) is 0 Å². The lowest BCUT2D eigenvalue weighted by Gasteiger charge is -2.19. The smallest absolute Gasteiger partial charge is 0.435 e. The minimum absolute atomic E-state index is 0.198. The molecule has 1 heterocycles. The first-order chi connectivity index (χ1) is 7.97. The molecule has 18 heavy (non-hydrogen) atoms. The van der Waals surface area contributed by atoms with Gasteiger partial charge in [-0.05, 0) is 20.3 Å². The Morgan fingerprint density at radius 2 is 1.94 bits per heavy atom. The summed E-state index contributed by atoms with van der Waals surface area (Å²) >= 11 is 5.74. The Morgan fingerprint density at radius 3 is 2.33 bits per heavy atom. The van der Waals surface area contributed by atoms with Crippen LogP contribution in [-0.4, -0.2) is 20.9 Å². The third kappa shape index (κ3) is 2.77. The van der Waals surface area contributed by atoms with E-state index >= 15 is 0 Å². The molecule has 1 aromatic heterocycles. The standard InChI is InChI=1S/C10H12ClF3N2O2/c1-9(2,8(17)18)4-5-6(10(12,13)14)15-16(3)7(5)11/h4H2,1-3H3,(H,17,18). The largest absolute Gasteiger partial charge is 0.481 e. The molecule has 1 rings (SSSR count). The third-order valence-corrected chi connectivity index (χ3v) is 3.01. The number of carbonyl (C=O) groups is 1. The van der Waals surface area contributed by atoms with E-state index in [0.717, 1.165) is 4.68 Å². The molecular formula is C10H12ClF3N2O2. The summed E-state index contributed by atoms with van der Waals surface area (Å²) < 4.78 is 39.1. The zero-order valence-electron chi connectivity index (χ0n) is 9.97. The fraction of sp³-hybridized carbons (Fsp3) is 0.600. The lowest BCUT2D eigenvalue weighted by atomic mass is 9.86. The lowest BCUT2D eigenvalue weighted by molar-refractivity contribution is -0.148. The molecule has 0 aliphatic rings. The normalized spacial score (nSPS) is 12.8. The van der Waals surface area contributed by atoms with Crippen molar-refractivity contribution < 1.29 is 23.1 Å². The van der Waals surface area contributed by atoms with Gasteiger partial charge in [0.2, 0.25) is 0 Å². The fourth-order valence-corrected chi connectivity index (χ4v) is 1.64. The van der Waals surface area contributed by atoms with E-state index in [-0.39, 0.29) is 17.1 Å². The van der Waals surface area contributed by atoms with Crippen molar-refractivity contribution in [2.24, 2.45) is 12.5 Å². The summed E-state index contributed by atoms with van der Waals surface area (Å²) in [6.45, 7) is 2.66. The van der Waals surface area contributed by atoms with Crippen LogP contribution in [0.4, 0.5) is 13.2 Å². The van der Waals surface area contributed by atoms with E-state index in [4.69, 9.17) is 16.7 Å². The van der Waals surface area contributed by atoms with Gasteiger partial charge in [0.15, 0.2) is 5.69 Å². The second-order valence-corrected chi connectivity index (χ2v) is 4.96. The molecule has 0 atom stereocenters. The number of carboxylic acids is 1. The minimum atomic E-state index is -4.66. The van der Waals surface area contributed by atoms with Crippen LogP contribution in [0, 0.1) is 5.41 Å². The Morgan fingerprint density at radius 1 is 1.44 bits per heavy atom. The van der Waals surface area contributed by atoms with E-state index < -0.39 is 23.3 Å². The molecule has 0 bridgehead atoms. The molecule has 4 nitrogen and oxygen atoms in total. The molecule has 0 unspecified atom stereocenters. The van der Waals surface area contributed by atoms with Gasteiger partial charge in [-0.15, -0.1) is 0 Å². The fourth-order valence-electron chi connectivity index (χ4n) is 1.45. The number of alkyl halides is 3. The van der Waals surface area contributed by atoms with Gasteiger partial charge >= 0.3 is 12.1 Å². The van der Waals surface area contributed by atoms with Crippen LogP contribution in [-0.2, 0) is 24.4 Å². The van der Waals surface area contributed by atoms with Crippen molar-refractivity contribution in [1.82, 2.24) is 9.78 Å². The molecule has 0 saturated heterocycles. The van der Waals surface area contributed by atoms with E-state index in [9.17, 15) is 18.0 Å². The van der Waals surface area contributed by atoms with Gasteiger partial charge in [-0.3, -0.25) is 9.48 Å². The maximum atomic E-state index is 12.7. The molecule has 0 spiro atoms. The van der Waals surface area contributed by atoms with Crippen molar-refractivity contribution in [2.75, 3.05) is 0 Å². The molecule has 1 N–H and O–H groups in total. The molecular weight excluding hydrogens is 273 g/mol. The topological polar surface area (TPSA) is 55.1 Å². The van der Waals surface area contributed by atoms with Gasteiger partial charge < -0.3 is 5.11 Å². The number of aliphatic carboxylic acids is 1. The Labute approximate surface area is 106 Å². The summed E-state index contributed by atoms with van der Waals surface area (Å²) in [5.74, 6) is -1.20. The number of nitrogens with zero attached hydrogens (tertiary/aromatic N) is 2. The van der Waals surface area contributed by atoms with Crippen molar-refractivity contribution in [2.45, 2.75) is 26.4 Å². The number of aromatic nitrogens is 2. The Bertz CT molecular complexity index is 480. The molecule has 8 heteroatoms. The van der Waals surface area contributed by atoms with E-state index in [2.05, 4.69) is 5.10 Å². The maximum absolute atomic E-state index is 12.7. The Kier molecular flexibility index (Phi) is 3.67. The summed E-state index contributed by atoms with van der Waals surface area (Å²) in [6, 6.07) is 0. The second kappa shape index (κ2) is 4.46. The summed E-state index contributed by atoms with van der Waals surface area (Å²) in [6.07, 6.45) is -5.00. The van der Waals surface area contributed by atoms with Crippen LogP contribution in [0.1, 0.15) is 25.1 Å². The van der Waals surface area contributed by atoms with Gasteiger partial charge in [0.05, 0.1) is 5.41 Å². The van der Waals surface area contributed by atoms with Gasteiger partial charge in [-0.1, -0.05) is 11.6 Å². The highest BCUT2D eigenvalue weighted by Gasteiger charge is 2.41. The summed E-state index contributed by atoms with van der Waals surface area (Å²) in [4.78, 5) is 11.0. The van der Waals surface area contributed by atoms with E-state index in [0.29, 0.717) is 0 Å². The molecule has 0 aromatic carbocycles. The molecule has 102 valence electrons. The highest BCUT2D eigenvalue weighted by Crippen LogP contribution is 2.37. The van der Waals surface area contributed by atoms with Crippen LogP contribution in [0.2, 0.25) is 5.15 Å². The number of carboxylic acid groups (broad SMARTS) is 1. The van der Waals surface area contributed by atoms with Gasteiger partial charge in [-0.2, -0.15) is 18.3 Å². The van der Waals surface area contributed by atoms with Crippen molar-refractivity contribution >= 4 is 17.6 Å². The Hall–Kier alpha value is -1.24. The van der Waals surface area contributed by atoms with E-state index in [1.807, 2.05) is 0 Å². The monoisotopic (exact) mass is 284 g/mol. The van der Waals surface area contributed by atoms with Crippen LogP contribution in [0.5, 0.6) is 0 Å². The molecule has 0 radical (unpaired) electrons. The van der Waals surface area contributed by atoms with Gasteiger partial charge in [0.1, 0.15) is 5.15 Å². The van der Waals surface area contributed by atoms with Crippen LogP contribution < -0.4 is 0 Å². The first-order valence-electron chi connectivity index (χ1n) is 4.99. The molecule has 0 aliphatic heterocycles. The van der Waals surface area contributed by atoms with Crippen molar-refractivity contribution in [3.63, 3.8) is 0 Å². The van der Waals surface area contributed by atoms with Gasteiger partial charge in [0, 0.05) is 12.6 Å². The first kappa shape index (κ1) is 14.8. The quantitative estimate of drug-likeness (QED) is 0.928. The number of hydrogen-bond donors (Lipinski definition) is 1. The molecule has 1 aromatic rings. The number of aryl methyl sites for hydroxylation is 1. The van der Waals surface area contributed by atoms with Gasteiger partial charge in [-0.25, -0.2) is 0 Å². The Balaban J connectivity index is 3.28. The number of hydrogen-bond acceptors (Lipinski definition) is 2. The van der Waals surface area contributed by atoms with Crippen LogP contribution in [0.25, 0.3) is 0 Å². The van der Waals surface area contributed by atoms with E-state index in [1.54, 1.807) is 0 Å². The lowest BCUT2D eigenvalue weighted by Crippen LogP contribution is -2.27. The van der Waals surface area contributed by atoms with Crippen LogP contribution in [0.15, 0.2) is 0 Å². The molecule has 0 fully saturated rings. The van der Waals surface area contributed by atoms with E-state index in [1.165, 1.54) is 20.9 Å². The highest BCUT2D eigenvalue weighted by molar-refractivity contribution is 6.30. The molecule has 0 amide bonds. The SMILES string of the molecule is Cn1nc(C(F)(F)F)c(CC(C)(C)C(=O)O)c1Cl. The summed E-state index contributed by atoms with van der Waals surface area (Å²) in [5, 5.41) is 12.0. The van der Waals surface area contributed by atoms with Crippen LogP contribution >= 0.6 is 11.6 Å².